The number of para-hydroxylation sites is 2. The SMILES string of the molecule is COc1ccc([C@H]2C(C(=O)Nc3ccccc3)=C(C)N=c3s/c(=C\c4cn(Cc5ccccc5)c5ccccc45)c(=O)n32)c(OC)c1. The lowest BCUT2D eigenvalue weighted by Crippen LogP contribution is -2.40. The van der Waals surface area contributed by atoms with Gasteiger partial charge in [0.05, 0.1) is 30.0 Å². The average Bonchev–Trinajstić information content (AvgIpc) is 3.60. The zero-order valence-corrected chi connectivity index (χ0v) is 27.0. The third-order valence-corrected chi connectivity index (χ3v) is 9.32. The zero-order valence-electron chi connectivity index (χ0n) is 26.1. The molecule has 3 heterocycles. The third kappa shape index (κ3) is 5.66. The van der Waals surface area contributed by atoms with Crippen LogP contribution in [0.4, 0.5) is 5.69 Å². The maximum Gasteiger partial charge on any atom is 0.271 e. The Morgan fingerprint density at radius 2 is 1.66 bits per heavy atom. The van der Waals surface area contributed by atoms with E-state index in [9.17, 15) is 9.59 Å². The van der Waals surface area contributed by atoms with Gasteiger partial charge in [-0.05, 0) is 48.9 Å². The average molecular weight is 641 g/mol. The van der Waals surface area contributed by atoms with E-state index in [1.54, 1.807) is 37.8 Å². The second kappa shape index (κ2) is 12.6. The van der Waals surface area contributed by atoms with Crippen LogP contribution >= 0.6 is 11.3 Å². The Labute approximate surface area is 275 Å². The van der Waals surface area contributed by atoms with Crippen LogP contribution in [0.25, 0.3) is 17.0 Å². The molecule has 6 aromatic rings. The quantitative estimate of drug-likeness (QED) is 0.225. The molecule has 4 aromatic carbocycles. The number of nitrogens with zero attached hydrogens (tertiary/aromatic N) is 3. The lowest BCUT2D eigenvalue weighted by Gasteiger charge is -2.26. The minimum atomic E-state index is -0.794. The normalized spacial score (nSPS) is 14.5. The summed E-state index contributed by atoms with van der Waals surface area (Å²) in [6.07, 6.45) is 4.02. The topological polar surface area (TPSA) is 86.9 Å². The molecule has 9 heteroatoms. The van der Waals surface area contributed by atoms with Crippen molar-refractivity contribution in [2.24, 2.45) is 4.99 Å². The van der Waals surface area contributed by atoms with Gasteiger partial charge in [0.15, 0.2) is 4.80 Å². The van der Waals surface area contributed by atoms with Gasteiger partial charge in [0.2, 0.25) is 0 Å². The van der Waals surface area contributed by atoms with E-state index >= 15 is 0 Å². The molecule has 47 heavy (non-hydrogen) atoms. The maximum atomic E-state index is 14.4. The van der Waals surface area contributed by atoms with Crippen molar-refractivity contribution >= 4 is 39.9 Å². The van der Waals surface area contributed by atoms with Crippen LogP contribution in [0.2, 0.25) is 0 Å². The van der Waals surface area contributed by atoms with E-state index in [1.165, 1.54) is 16.9 Å². The monoisotopic (exact) mass is 640 g/mol. The largest absolute Gasteiger partial charge is 0.497 e. The summed E-state index contributed by atoms with van der Waals surface area (Å²) in [5, 5.41) is 4.04. The van der Waals surface area contributed by atoms with E-state index in [0.717, 1.165) is 16.5 Å². The molecule has 0 aliphatic carbocycles. The van der Waals surface area contributed by atoms with Gasteiger partial charge in [-0.25, -0.2) is 4.99 Å². The number of rotatable bonds is 8. The van der Waals surface area contributed by atoms with Gasteiger partial charge in [-0.15, -0.1) is 0 Å². The Morgan fingerprint density at radius 3 is 2.40 bits per heavy atom. The summed E-state index contributed by atoms with van der Waals surface area (Å²) in [6.45, 7) is 2.50. The van der Waals surface area contributed by atoms with Crippen molar-refractivity contribution < 1.29 is 14.3 Å². The fourth-order valence-electron chi connectivity index (χ4n) is 6.11. The van der Waals surface area contributed by atoms with Crippen LogP contribution < -0.4 is 29.7 Å². The van der Waals surface area contributed by atoms with Crippen molar-refractivity contribution in [3.8, 4) is 11.5 Å². The van der Waals surface area contributed by atoms with Crippen molar-refractivity contribution in [3.05, 3.63) is 157 Å². The summed E-state index contributed by atoms with van der Waals surface area (Å²) in [7, 11) is 3.14. The predicted molar refractivity (Wildman–Crippen MR) is 186 cm³/mol. The highest BCUT2D eigenvalue weighted by Gasteiger charge is 2.34. The number of hydrogen-bond donors (Lipinski definition) is 1. The van der Waals surface area contributed by atoms with Crippen LogP contribution in [0, 0.1) is 0 Å². The molecule has 0 saturated carbocycles. The van der Waals surface area contributed by atoms with Crippen LogP contribution in [0.3, 0.4) is 0 Å². The van der Waals surface area contributed by atoms with Crippen LogP contribution in [-0.2, 0) is 11.3 Å². The molecule has 0 spiro atoms. The Kier molecular flexibility index (Phi) is 8.05. The lowest BCUT2D eigenvalue weighted by atomic mass is 9.94. The molecule has 1 N–H and O–H groups in total. The number of methoxy groups -OCH3 is 2. The molecule has 0 unspecified atom stereocenters. The van der Waals surface area contributed by atoms with Gasteiger partial charge in [0.25, 0.3) is 11.5 Å². The van der Waals surface area contributed by atoms with Crippen LogP contribution in [0.15, 0.2) is 130 Å². The molecule has 0 radical (unpaired) electrons. The van der Waals surface area contributed by atoms with Gasteiger partial charge in [-0.1, -0.05) is 78.1 Å². The zero-order chi connectivity index (χ0) is 32.5. The fraction of sp³-hybridized carbons (Fsp3) is 0.132. The molecular formula is C38H32N4O4S. The molecule has 8 nitrogen and oxygen atoms in total. The van der Waals surface area contributed by atoms with Crippen molar-refractivity contribution in [3.63, 3.8) is 0 Å². The first kappa shape index (κ1) is 30.0. The van der Waals surface area contributed by atoms with E-state index in [4.69, 9.17) is 14.5 Å². The summed E-state index contributed by atoms with van der Waals surface area (Å²) in [5.74, 6) is 0.743. The first-order valence-corrected chi connectivity index (χ1v) is 16.0. The molecule has 7 rings (SSSR count). The molecule has 2 aromatic heterocycles. The Bertz CT molecular complexity index is 2340. The number of carbonyl (C=O) groups excluding carboxylic acids is 1. The van der Waals surface area contributed by atoms with Crippen molar-refractivity contribution in [2.45, 2.75) is 19.5 Å². The van der Waals surface area contributed by atoms with E-state index in [0.29, 0.717) is 49.9 Å². The fourth-order valence-corrected chi connectivity index (χ4v) is 7.15. The summed E-state index contributed by atoms with van der Waals surface area (Å²) >= 11 is 1.31. The lowest BCUT2D eigenvalue weighted by molar-refractivity contribution is -0.113. The number of nitrogens with one attached hydrogen (secondary N) is 1. The molecule has 0 saturated heterocycles. The summed E-state index contributed by atoms with van der Waals surface area (Å²) in [5.41, 5.74) is 5.11. The van der Waals surface area contributed by atoms with Gasteiger partial charge in [-0.2, -0.15) is 0 Å². The van der Waals surface area contributed by atoms with E-state index in [1.807, 2.05) is 72.8 Å². The molecular weight excluding hydrogens is 609 g/mol. The van der Waals surface area contributed by atoms with Gasteiger partial charge in [0, 0.05) is 46.5 Å². The molecule has 1 aliphatic heterocycles. The van der Waals surface area contributed by atoms with Gasteiger partial charge >= 0.3 is 0 Å². The number of ether oxygens (including phenoxy) is 2. The Morgan fingerprint density at radius 1 is 0.936 bits per heavy atom. The molecule has 234 valence electrons. The van der Waals surface area contributed by atoms with Crippen molar-refractivity contribution in [1.29, 1.82) is 0 Å². The Hall–Kier alpha value is -5.67. The molecule has 1 atom stereocenters. The van der Waals surface area contributed by atoms with Gasteiger partial charge in [-0.3, -0.25) is 14.2 Å². The molecule has 1 aliphatic rings. The van der Waals surface area contributed by atoms with E-state index in [-0.39, 0.29) is 11.5 Å². The number of allylic oxidation sites excluding steroid dienone is 1. The van der Waals surface area contributed by atoms with Crippen molar-refractivity contribution in [1.82, 2.24) is 9.13 Å². The first-order chi connectivity index (χ1) is 22.9. The number of carbonyl (C=O) groups is 1. The highest BCUT2D eigenvalue weighted by Crippen LogP contribution is 2.37. The van der Waals surface area contributed by atoms with E-state index in [2.05, 4.69) is 40.3 Å². The van der Waals surface area contributed by atoms with Crippen LogP contribution in [-0.4, -0.2) is 29.3 Å². The molecule has 1 amide bonds. The van der Waals surface area contributed by atoms with E-state index < -0.39 is 6.04 Å². The van der Waals surface area contributed by atoms with Crippen molar-refractivity contribution in [2.75, 3.05) is 19.5 Å². The third-order valence-electron chi connectivity index (χ3n) is 8.33. The standard InChI is InChI=1S/C38H32N4O4S/c1-24-34(36(43)40-27-14-8-5-9-15-27)35(30-19-18-28(45-2)21-32(30)46-3)42-37(44)33(47-38(42)39-24)20-26-23-41(22-25-12-6-4-7-13-25)31-17-11-10-16-29(26)31/h4-21,23,35H,22H2,1-3H3,(H,40,43)/b33-20-/t35-/m0/s1. The minimum Gasteiger partial charge on any atom is -0.497 e. The summed E-state index contributed by atoms with van der Waals surface area (Å²) < 4.78 is 15.6. The van der Waals surface area contributed by atoms with Gasteiger partial charge < -0.3 is 19.4 Å². The van der Waals surface area contributed by atoms with Crippen LogP contribution in [0.5, 0.6) is 11.5 Å². The predicted octanol–water partition coefficient (Wildman–Crippen LogP) is 5.89. The second-order valence-corrected chi connectivity index (χ2v) is 12.2. The number of benzene rings is 4. The number of anilines is 1. The highest BCUT2D eigenvalue weighted by atomic mass is 32.1. The summed E-state index contributed by atoms with van der Waals surface area (Å²) in [4.78, 5) is 33.7. The molecule has 0 bridgehead atoms. The first-order valence-electron chi connectivity index (χ1n) is 15.2. The highest BCUT2D eigenvalue weighted by molar-refractivity contribution is 7.07. The second-order valence-electron chi connectivity index (χ2n) is 11.2. The maximum absolute atomic E-state index is 14.4. The minimum absolute atomic E-state index is 0.242. The van der Waals surface area contributed by atoms with Crippen LogP contribution in [0.1, 0.15) is 29.7 Å². The number of amides is 1. The smallest absolute Gasteiger partial charge is 0.271 e. The summed E-state index contributed by atoms with van der Waals surface area (Å²) in [6, 6.07) is 32.3. The number of hydrogen-bond acceptors (Lipinski definition) is 6. The number of fused-ring (bicyclic) bond motifs is 2. The number of thiazole rings is 1. The Balaban J connectivity index is 1.39. The number of aromatic nitrogens is 2. The van der Waals surface area contributed by atoms with Gasteiger partial charge in [0.1, 0.15) is 17.5 Å². The molecule has 0 fully saturated rings.